The molecule has 0 spiro atoms. The van der Waals surface area contributed by atoms with Crippen LogP contribution in [0.25, 0.3) is 6.08 Å². The Hall–Kier alpha value is -3.32. The van der Waals surface area contributed by atoms with Gasteiger partial charge in [0, 0.05) is 21.8 Å². The largest absolute Gasteiger partial charge is 0.496 e. The quantitative estimate of drug-likeness (QED) is 0.198. The third-order valence-electron chi connectivity index (χ3n) is 4.54. The van der Waals surface area contributed by atoms with Gasteiger partial charge in [-0.3, -0.25) is 4.79 Å². The minimum absolute atomic E-state index is 0.0616. The second-order valence-electron chi connectivity index (χ2n) is 6.61. The number of thioether (sulfide) groups is 1. The molecule has 0 saturated heterocycles. The summed E-state index contributed by atoms with van der Waals surface area (Å²) in [5.41, 5.74) is 2.14. The van der Waals surface area contributed by atoms with Gasteiger partial charge in [0.2, 0.25) is 0 Å². The van der Waals surface area contributed by atoms with E-state index in [0.29, 0.717) is 5.56 Å². The van der Waals surface area contributed by atoms with Crippen molar-refractivity contribution >= 4 is 23.6 Å². The summed E-state index contributed by atoms with van der Waals surface area (Å²) in [6.45, 7) is -2.98. The monoisotopic (exact) mass is 456 g/mol. The van der Waals surface area contributed by atoms with Crippen LogP contribution in [0.2, 0.25) is 0 Å². The van der Waals surface area contributed by atoms with Crippen LogP contribution in [0, 0.1) is 0 Å². The molecule has 0 aliphatic rings. The van der Waals surface area contributed by atoms with E-state index in [-0.39, 0.29) is 17.3 Å². The lowest BCUT2D eigenvalue weighted by Gasteiger charge is -2.10. The SMILES string of the molecule is COc1cc(/C=C/C(=O)c2ccc(OC(F)F)c(OC)c2)ccc1CSc1ccccc1. The molecule has 0 radical (unpaired) electrons. The highest BCUT2D eigenvalue weighted by Gasteiger charge is 2.13. The lowest BCUT2D eigenvalue weighted by atomic mass is 10.1. The molecule has 3 aromatic carbocycles. The summed E-state index contributed by atoms with van der Waals surface area (Å²) in [6, 6.07) is 19.9. The van der Waals surface area contributed by atoms with Crippen molar-refractivity contribution in [2.45, 2.75) is 17.3 Å². The summed E-state index contributed by atoms with van der Waals surface area (Å²) in [5.74, 6) is 1.12. The van der Waals surface area contributed by atoms with E-state index in [9.17, 15) is 13.6 Å². The van der Waals surface area contributed by atoms with E-state index in [1.54, 1.807) is 24.9 Å². The summed E-state index contributed by atoms with van der Waals surface area (Å²) < 4.78 is 39.9. The van der Waals surface area contributed by atoms with Gasteiger partial charge in [0.1, 0.15) is 5.75 Å². The van der Waals surface area contributed by atoms with E-state index < -0.39 is 6.61 Å². The Labute approximate surface area is 189 Å². The molecule has 0 saturated carbocycles. The van der Waals surface area contributed by atoms with Crippen LogP contribution in [-0.2, 0) is 5.75 Å². The molecule has 0 bridgehead atoms. The number of carbonyl (C=O) groups is 1. The van der Waals surface area contributed by atoms with Gasteiger partial charge in [-0.05, 0) is 48.0 Å². The molecule has 3 aromatic rings. The lowest BCUT2D eigenvalue weighted by Crippen LogP contribution is -2.04. The van der Waals surface area contributed by atoms with E-state index in [1.807, 2.05) is 36.4 Å². The Balaban J connectivity index is 1.70. The Bertz CT molecular complexity index is 1080. The first-order chi connectivity index (χ1) is 15.5. The van der Waals surface area contributed by atoms with E-state index in [1.165, 1.54) is 36.3 Å². The first kappa shape index (κ1) is 23.3. The first-order valence-electron chi connectivity index (χ1n) is 9.70. The van der Waals surface area contributed by atoms with Crippen LogP contribution in [0.3, 0.4) is 0 Å². The number of halogens is 2. The summed E-state index contributed by atoms with van der Waals surface area (Å²) in [4.78, 5) is 13.7. The molecule has 0 amide bonds. The number of carbonyl (C=O) groups excluding carboxylic acids is 1. The zero-order chi connectivity index (χ0) is 22.9. The van der Waals surface area contributed by atoms with Crippen molar-refractivity contribution in [1.82, 2.24) is 0 Å². The van der Waals surface area contributed by atoms with Crippen LogP contribution >= 0.6 is 11.8 Å². The predicted molar refractivity (Wildman–Crippen MR) is 122 cm³/mol. The second-order valence-corrected chi connectivity index (χ2v) is 7.66. The van der Waals surface area contributed by atoms with Gasteiger partial charge < -0.3 is 14.2 Å². The maximum absolute atomic E-state index is 12.5. The number of allylic oxidation sites excluding steroid dienone is 1. The van der Waals surface area contributed by atoms with Gasteiger partial charge in [-0.2, -0.15) is 8.78 Å². The first-order valence-corrected chi connectivity index (χ1v) is 10.7. The average molecular weight is 457 g/mol. The Morgan fingerprint density at radius 3 is 2.38 bits per heavy atom. The highest BCUT2D eigenvalue weighted by Crippen LogP contribution is 2.31. The smallest absolute Gasteiger partial charge is 0.387 e. The number of rotatable bonds is 10. The van der Waals surface area contributed by atoms with E-state index in [0.717, 1.165) is 22.6 Å². The molecule has 0 aliphatic carbocycles. The van der Waals surface area contributed by atoms with Crippen LogP contribution < -0.4 is 14.2 Å². The van der Waals surface area contributed by atoms with Crippen LogP contribution in [-0.4, -0.2) is 26.6 Å². The third-order valence-corrected chi connectivity index (χ3v) is 5.60. The van der Waals surface area contributed by atoms with Crippen LogP contribution in [0.5, 0.6) is 17.2 Å². The molecule has 0 aliphatic heterocycles. The standard InChI is InChI=1S/C25H22F2O4S/c1-29-23-14-17(8-10-19(23)16-32-20-6-4-3-5-7-20)9-12-21(28)18-11-13-22(31-25(26)27)24(15-18)30-2/h3-15,25H,16H2,1-2H3/b12-9+. The fourth-order valence-electron chi connectivity index (χ4n) is 2.94. The van der Waals surface area contributed by atoms with Crippen molar-refractivity contribution < 1.29 is 27.8 Å². The number of hydrogen-bond donors (Lipinski definition) is 0. The van der Waals surface area contributed by atoms with Gasteiger partial charge in [-0.25, -0.2) is 0 Å². The Morgan fingerprint density at radius 1 is 0.938 bits per heavy atom. The fourth-order valence-corrected chi connectivity index (χ4v) is 3.85. The molecule has 4 nitrogen and oxygen atoms in total. The summed E-state index contributed by atoms with van der Waals surface area (Å²) >= 11 is 1.71. The van der Waals surface area contributed by atoms with Crippen LogP contribution in [0.1, 0.15) is 21.5 Å². The van der Waals surface area contributed by atoms with Gasteiger partial charge >= 0.3 is 6.61 Å². The molecule has 0 unspecified atom stereocenters. The van der Waals surface area contributed by atoms with E-state index >= 15 is 0 Å². The van der Waals surface area contributed by atoms with Gasteiger partial charge in [-0.1, -0.05) is 36.4 Å². The molecule has 166 valence electrons. The molecule has 0 heterocycles. The molecule has 0 atom stereocenters. The second kappa shape index (κ2) is 11.3. The lowest BCUT2D eigenvalue weighted by molar-refractivity contribution is -0.0512. The van der Waals surface area contributed by atoms with Crippen molar-refractivity contribution in [3.05, 3.63) is 89.5 Å². The summed E-state index contributed by atoms with van der Waals surface area (Å²) in [5, 5.41) is 0. The van der Waals surface area contributed by atoms with Gasteiger partial charge in [-0.15, -0.1) is 11.8 Å². The van der Waals surface area contributed by atoms with E-state index in [2.05, 4.69) is 16.9 Å². The molecule has 3 rings (SSSR count). The van der Waals surface area contributed by atoms with Crippen molar-refractivity contribution in [1.29, 1.82) is 0 Å². The van der Waals surface area contributed by atoms with E-state index in [4.69, 9.17) is 9.47 Å². The van der Waals surface area contributed by atoms with Crippen molar-refractivity contribution in [2.24, 2.45) is 0 Å². The molecule has 0 aromatic heterocycles. The van der Waals surface area contributed by atoms with Crippen LogP contribution in [0.15, 0.2) is 77.7 Å². The number of ketones is 1. The molecular formula is C25H22F2O4S. The molecule has 0 fully saturated rings. The highest BCUT2D eigenvalue weighted by molar-refractivity contribution is 7.98. The zero-order valence-electron chi connectivity index (χ0n) is 17.6. The fraction of sp³-hybridized carbons (Fsp3) is 0.160. The maximum Gasteiger partial charge on any atom is 0.387 e. The minimum atomic E-state index is -2.98. The summed E-state index contributed by atoms with van der Waals surface area (Å²) in [7, 11) is 2.93. The average Bonchev–Trinajstić information content (AvgIpc) is 2.81. The number of methoxy groups -OCH3 is 2. The Morgan fingerprint density at radius 2 is 1.69 bits per heavy atom. The highest BCUT2D eigenvalue weighted by atomic mass is 32.2. The molecule has 0 N–H and O–H groups in total. The van der Waals surface area contributed by atoms with Gasteiger partial charge in [0.05, 0.1) is 14.2 Å². The number of ether oxygens (including phenoxy) is 3. The number of benzene rings is 3. The third kappa shape index (κ3) is 6.34. The van der Waals surface area contributed by atoms with Crippen molar-refractivity contribution in [2.75, 3.05) is 14.2 Å². The van der Waals surface area contributed by atoms with Gasteiger partial charge in [0.15, 0.2) is 17.3 Å². The van der Waals surface area contributed by atoms with Gasteiger partial charge in [0.25, 0.3) is 0 Å². The minimum Gasteiger partial charge on any atom is -0.496 e. The van der Waals surface area contributed by atoms with Crippen molar-refractivity contribution in [3.8, 4) is 17.2 Å². The van der Waals surface area contributed by atoms with Crippen molar-refractivity contribution in [3.63, 3.8) is 0 Å². The molecule has 7 heteroatoms. The normalized spacial score (nSPS) is 11.0. The number of hydrogen-bond acceptors (Lipinski definition) is 5. The molecular weight excluding hydrogens is 434 g/mol. The van der Waals surface area contributed by atoms with Crippen LogP contribution in [0.4, 0.5) is 8.78 Å². The topological polar surface area (TPSA) is 44.8 Å². The maximum atomic E-state index is 12.5. The number of alkyl halides is 2. The molecule has 32 heavy (non-hydrogen) atoms. The predicted octanol–water partition coefficient (Wildman–Crippen LogP) is 6.49. The zero-order valence-corrected chi connectivity index (χ0v) is 18.4. The summed E-state index contributed by atoms with van der Waals surface area (Å²) in [6.07, 6.45) is 3.09. The Kier molecular flexibility index (Phi) is 8.27.